The van der Waals surface area contributed by atoms with Gasteiger partial charge in [0.2, 0.25) is 5.91 Å². The molecular weight excluding hydrogens is 376 g/mol. The third-order valence-corrected chi connectivity index (χ3v) is 7.88. The highest BCUT2D eigenvalue weighted by molar-refractivity contribution is 8.16. The van der Waals surface area contributed by atoms with E-state index in [4.69, 9.17) is 0 Å². The standard InChI is InChI=1S/C17H20N2O5S2/c1-10-4-3-5-12(11(10)2)19-13-8-26(23,24)9-14(13)25-17(19)18-15(20)6-7-16(21)22/h3-5,13-14H,6-9H2,1-2H3,(H,21,22)/p-1/t13-,14+/m1/s1. The molecule has 0 radical (unpaired) electrons. The van der Waals surface area contributed by atoms with E-state index >= 15 is 0 Å². The molecule has 2 fully saturated rings. The molecule has 2 aliphatic heterocycles. The number of benzene rings is 1. The molecule has 0 spiro atoms. The summed E-state index contributed by atoms with van der Waals surface area (Å²) in [6.45, 7) is 3.91. The molecule has 2 aliphatic rings. The van der Waals surface area contributed by atoms with Crippen molar-refractivity contribution in [2.24, 2.45) is 4.99 Å². The molecule has 3 rings (SSSR count). The minimum atomic E-state index is -3.13. The van der Waals surface area contributed by atoms with E-state index in [1.54, 1.807) is 0 Å². The highest BCUT2D eigenvalue weighted by Gasteiger charge is 2.49. The Hall–Kier alpha value is -1.87. The number of sulfone groups is 1. The first-order valence-electron chi connectivity index (χ1n) is 8.22. The Morgan fingerprint density at radius 2 is 2.00 bits per heavy atom. The third-order valence-electron chi connectivity index (χ3n) is 4.67. The lowest BCUT2D eigenvalue weighted by molar-refractivity contribution is -0.305. The van der Waals surface area contributed by atoms with Gasteiger partial charge in [-0.15, -0.1) is 0 Å². The van der Waals surface area contributed by atoms with Gasteiger partial charge >= 0.3 is 0 Å². The lowest BCUT2D eigenvalue weighted by atomic mass is 10.1. The number of fused-ring (bicyclic) bond motifs is 1. The van der Waals surface area contributed by atoms with Crippen LogP contribution in [0.3, 0.4) is 0 Å². The number of hydrogen-bond donors (Lipinski definition) is 0. The number of carbonyl (C=O) groups is 2. The van der Waals surface area contributed by atoms with Gasteiger partial charge in [-0.25, -0.2) is 8.42 Å². The maximum Gasteiger partial charge on any atom is 0.248 e. The summed E-state index contributed by atoms with van der Waals surface area (Å²) in [6.07, 6.45) is -0.619. The van der Waals surface area contributed by atoms with Crippen LogP contribution in [-0.4, -0.2) is 48.3 Å². The summed E-state index contributed by atoms with van der Waals surface area (Å²) in [6, 6.07) is 5.46. The second kappa shape index (κ2) is 7.03. The van der Waals surface area contributed by atoms with Crippen LogP contribution in [-0.2, 0) is 19.4 Å². The van der Waals surface area contributed by atoms with Gasteiger partial charge in [0.15, 0.2) is 15.0 Å². The first-order chi connectivity index (χ1) is 12.2. The van der Waals surface area contributed by atoms with Crippen LogP contribution in [0.5, 0.6) is 0 Å². The number of thioether (sulfide) groups is 1. The van der Waals surface area contributed by atoms with Crippen LogP contribution >= 0.6 is 11.8 Å². The van der Waals surface area contributed by atoms with Crippen molar-refractivity contribution in [1.29, 1.82) is 0 Å². The second-order valence-electron chi connectivity index (χ2n) is 6.55. The van der Waals surface area contributed by atoms with E-state index in [-0.39, 0.29) is 35.6 Å². The molecule has 7 nitrogen and oxygen atoms in total. The monoisotopic (exact) mass is 395 g/mol. The molecule has 1 aromatic rings. The van der Waals surface area contributed by atoms with Crippen molar-refractivity contribution in [2.75, 3.05) is 16.4 Å². The van der Waals surface area contributed by atoms with Crippen LogP contribution < -0.4 is 10.0 Å². The SMILES string of the molecule is Cc1cccc(N2C(=NC(=O)CCC(=O)[O-])S[C@H]3CS(=O)(=O)C[C@H]32)c1C. The number of carbonyl (C=O) groups excluding carboxylic acids is 2. The van der Waals surface area contributed by atoms with Crippen LogP contribution in [0.15, 0.2) is 23.2 Å². The number of aryl methyl sites for hydroxylation is 1. The largest absolute Gasteiger partial charge is 0.550 e. The van der Waals surface area contributed by atoms with Crippen molar-refractivity contribution in [3.63, 3.8) is 0 Å². The first kappa shape index (κ1) is 18.9. The van der Waals surface area contributed by atoms with E-state index in [9.17, 15) is 23.1 Å². The summed E-state index contributed by atoms with van der Waals surface area (Å²) in [5, 5.41) is 10.8. The van der Waals surface area contributed by atoms with Crippen LogP contribution in [0.2, 0.25) is 0 Å². The fourth-order valence-corrected chi connectivity index (χ4v) is 7.14. The van der Waals surface area contributed by atoms with Crippen molar-refractivity contribution in [3.8, 4) is 0 Å². The predicted molar refractivity (Wildman–Crippen MR) is 98.9 cm³/mol. The molecule has 1 amide bonds. The van der Waals surface area contributed by atoms with Gasteiger partial charge in [0, 0.05) is 23.3 Å². The fraction of sp³-hybridized carbons (Fsp3) is 0.471. The van der Waals surface area contributed by atoms with Gasteiger partial charge in [0.1, 0.15) is 0 Å². The smallest absolute Gasteiger partial charge is 0.248 e. The fourth-order valence-electron chi connectivity index (χ4n) is 3.21. The molecular formula is C17H19N2O5S2-. The maximum atomic E-state index is 12.1. The highest BCUT2D eigenvalue weighted by Crippen LogP contribution is 2.42. The summed E-state index contributed by atoms with van der Waals surface area (Å²) < 4.78 is 24.1. The zero-order chi connectivity index (χ0) is 19.1. The molecule has 26 heavy (non-hydrogen) atoms. The molecule has 0 unspecified atom stereocenters. The van der Waals surface area contributed by atoms with Crippen molar-refractivity contribution in [2.45, 2.75) is 38.0 Å². The number of aliphatic imine (C=N–C) groups is 1. The van der Waals surface area contributed by atoms with Gasteiger partial charge in [-0.3, -0.25) is 4.79 Å². The molecule has 2 saturated heterocycles. The van der Waals surface area contributed by atoms with Crippen molar-refractivity contribution in [1.82, 2.24) is 0 Å². The van der Waals surface area contributed by atoms with E-state index in [2.05, 4.69) is 4.99 Å². The van der Waals surface area contributed by atoms with Gasteiger partial charge in [-0.05, 0) is 37.5 Å². The van der Waals surface area contributed by atoms with Gasteiger partial charge in [-0.2, -0.15) is 4.99 Å². The zero-order valence-corrected chi connectivity index (χ0v) is 16.1. The Balaban J connectivity index is 1.97. The summed E-state index contributed by atoms with van der Waals surface area (Å²) in [5.74, 6) is -1.78. The number of amides is 1. The Morgan fingerprint density at radius 3 is 2.69 bits per heavy atom. The topological polar surface area (TPSA) is 107 Å². The summed E-state index contributed by atoms with van der Waals surface area (Å²) in [7, 11) is -3.13. The van der Waals surface area contributed by atoms with E-state index in [0.717, 1.165) is 16.8 Å². The molecule has 0 N–H and O–H groups in total. The number of rotatable bonds is 4. The van der Waals surface area contributed by atoms with Crippen molar-refractivity contribution >= 4 is 44.3 Å². The molecule has 9 heteroatoms. The Labute approximate surface area is 156 Å². The Bertz CT molecular complexity index is 894. The minimum Gasteiger partial charge on any atom is -0.550 e. The van der Waals surface area contributed by atoms with E-state index in [0.29, 0.717) is 5.17 Å². The molecule has 140 valence electrons. The highest BCUT2D eigenvalue weighted by atomic mass is 32.2. The zero-order valence-electron chi connectivity index (χ0n) is 14.5. The number of carboxylic acids is 1. The first-order valence-corrected chi connectivity index (χ1v) is 10.9. The van der Waals surface area contributed by atoms with Crippen molar-refractivity contribution < 1.29 is 23.1 Å². The summed E-state index contributed by atoms with van der Waals surface area (Å²) in [5.41, 5.74) is 2.88. The van der Waals surface area contributed by atoms with Gasteiger partial charge < -0.3 is 14.8 Å². The predicted octanol–water partition coefficient (Wildman–Crippen LogP) is 0.435. The number of nitrogens with zero attached hydrogens (tertiary/aromatic N) is 2. The van der Waals surface area contributed by atoms with Crippen LogP contribution in [0, 0.1) is 13.8 Å². The molecule has 2 heterocycles. The van der Waals surface area contributed by atoms with E-state index in [1.807, 2.05) is 36.9 Å². The average Bonchev–Trinajstić information content (AvgIpc) is 2.99. The third kappa shape index (κ3) is 3.78. The summed E-state index contributed by atoms with van der Waals surface area (Å²) >= 11 is 1.28. The van der Waals surface area contributed by atoms with E-state index in [1.165, 1.54) is 11.8 Å². The molecule has 0 aromatic heterocycles. The Kier molecular flexibility index (Phi) is 5.12. The molecule has 2 atom stereocenters. The number of aliphatic carboxylic acids is 1. The maximum absolute atomic E-state index is 12.1. The van der Waals surface area contributed by atoms with Crippen LogP contribution in [0.1, 0.15) is 24.0 Å². The molecule has 0 aliphatic carbocycles. The van der Waals surface area contributed by atoms with Gasteiger partial charge in [-0.1, -0.05) is 23.9 Å². The van der Waals surface area contributed by atoms with Gasteiger partial charge in [0.25, 0.3) is 0 Å². The van der Waals surface area contributed by atoms with Crippen molar-refractivity contribution in [3.05, 3.63) is 29.3 Å². The van der Waals surface area contributed by atoms with E-state index < -0.39 is 21.7 Å². The van der Waals surface area contributed by atoms with Gasteiger partial charge in [0.05, 0.1) is 17.5 Å². The number of anilines is 1. The molecule has 0 bridgehead atoms. The van der Waals surface area contributed by atoms with Crippen LogP contribution in [0.4, 0.5) is 5.69 Å². The average molecular weight is 395 g/mol. The number of hydrogen-bond acceptors (Lipinski definition) is 6. The lowest BCUT2D eigenvalue weighted by Gasteiger charge is -2.26. The summed E-state index contributed by atoms with van der Waals surface area (Å²) in [4.78, 5) is 28.5. The lowest BCUT2D eigenvalue weighted by Crippen LogP contribution is -2.38. The Morgan fingerprint density at radius 1 is 1.27 bits per heavy atom. The normalized spacial score (nSPS) is 25.5. The number of amidine groups is 1. The quantitative estimate of drug-likeness (QED) is 0.728. The number of carboxylic acid groups (broad SMARTS) is 1. The van der Waals surface area contributed by atoms with Crippen LogP contribution in [0.25, 0.3) is 0 Å². The molecule has 0 saturated carbocycles. The minimum absolute atomic E-state index is 0.0182. The second-order valence-corrected chi connectivity index (χ2v) is 9.91. The molecule has 1 aromatic carbocycles.